The first-order valence-electron chi connectivity index (χ1n) is 10.3. The van der Waals surface area contributed by atoms with E-state index >= 15 is 0 Å². The third-order valence-corrected chi connectivity index (χ3v) is 7.18. The second-order valence-electron chi connectivity index (χ2n) is 7.28. The van der Waals surface area contributed by atoms with Gasteiger partial charge in [-0.3, -0.25) is 19.5 Å². The number of benzene rings is 2. The van der Waals surface area contributed by atoms with Gasteiger partial charge in [0.25, 0.3) is 5.69 Å². The number of carbonyl (C=O) groups excluding carboxylic acids is 1. The lowest BCUT2D eigenvalue weighted by Crippen LogP contribution is -2.14. The van der Waals surface area contributed by atoms with Crippen LogP contribution in [0.4, 0.5) is 10.8 Å². The fourth-order valence-corrected chi connectivity index (χ4v) is 5.07. The number of thiazole rings is 1. The smallest absolute Gasteiger partial charge is 0.270 e. The number of halogens is 1. The lowest BCUT2D eigenvalue weighted by atomic mass is 10.1. The summed E-state index contributed by atoms with van der Waals surface area (Å²) in [5.74, 6) is 0.352. The summed E-state index contributed by atoms with van der Waals surface area (Å²) in [5, 5.41) is 23.4. The van der Waals surface area contributed by atoms with Gasteiger partial charge in [0.2, 0.25) is 5.91 Å². The van der Waals surface area contributed by atoms with Crippen molar-refractivity contribution in [2.45, 2.75) is 18.1 Å². The zero-order valence-corrected chi connectivity index (χ0v) is 21.5. The molecular formula is C23H19BrN6O3S2. The van der Waals surface area contributed by atoms with Crippen LogP contribution in [0.3, 0.4) is 0 Å². The van der Waals surface area contributed by atoms with Crippen molar-refractivity contribution in [3.8, 4) is 11.4 Å². The van der Waals surface area contributed by atoms with Crippen molar-refractivity contribution in [1.82, 2.24) is 19.7 Å². The van der Waals surface area contributed by atoms with Crippen LogP contribution in [-0.2, 0) is 17.8 Å². The molecule has 0 saturated carbocycles. The Morgan fingerprint density at radius 1 is 1.26 bits per heavy atom. The first-order valence-corrected chi connectivity index (χ1v) is 12.9. The average Bonchev–Trinajstić information content (AvgIpc) is 3.46. The molecule has 0 aliphatic rings. The molecule has 1 amide bonds. The van der Waals surface area contributed by atoms with Gasteiger partial charge in [-0.15, -0.1) is 28.1 Å². The Morgan fingerprint density at radius 3 is 2.80 bits per heavy atom. The minimum Gasteiger partial charge on any atom is -0.301 e. The van der Waals surface area contributed by atoms with Crippen molar-refractivity contribution in [1.29, 1.82) is 0 Å². The molecule has 0 fully saturated rings. The number of hydrogen-bond acceptors (Lipinski definition) is 8. The summed E-state index contributed by atoms with van der Waals surface area (Å²) in [5.41, 5.74) is 1.68. The van der Waals surface area contributed by atoms with Crippen molar-refractivity contribution in [3.63, 3.8) is 0 Å². The Morgan fingerprint density at radius 2 is 2.06 bits per heavy atom. The Balaban J connectivity index is 1.40. The molecule has 35 heavy (non-hydrogen) atoms. The number of nitrogens with one attached hydrogen (secondary N) is 1. The van der Waals surface area contributed by atoms with Crippen LogP contribution in [0.5, 0.6) is 0 Å². The van der Waals surface area contributed by atoms with Crippen molar-refractivity contribution < 1.29 is 9.72 Å². The summed E-state index contributed by atoms with van der Waals surface area (Å²) in [6, 6.07) is 14.3. The van der Waals surface area contributed by atoms with Gasteiger partial charge in [-0.2, -0.15) is 0 Å². The van der Waals surface area contributed by atoms with E-state index in [1.165, 1.54) is 35.2 Å². The Hall–Kier alpha value is -3.35. The third kappa shape index (κ3) is 6.41. The van der Waals surface area contributed by atoms with Gasteiger partial charge >= 0.3 is 0 Å². The molecule has 0 spiro atoms. The summed E-state index contributed by atoms with van der Waals surface area (Å²) in [7, 11) is 0. The number of nitro benzene ring substituents is 1. The van der Waals surface area contributed by atoms with E-state index in [1.54, 1.807) is 29.0 Å². The molecule has 2 aromatic carbocycles. The van der Waals surface area contributed by atoms with Crippen LogP contribution in [0.25, 0.3) is 11.4 Å². The van der Waals surface area contributed by atoms with E-state index in [0.717, 1.165) is 21.3 Å². The molecule has 4 rings (SSSR count). The van der Waals surface area contributed by atoms with Gasteiger partial charge in [-0.25, -0.2) is 4.98 Å². The molecule has 0 unspecified atom stereocenters. The zero-order chi connectivity index (χ0) is 24.8. The highest BCUT2D eigenvalue weighted by atomic mass is 79.9. The number of anilines is 1. The van der Waals surface area contributed by atoms with Crippen LogP contribution in [0, 0.1) is 10.1 Å². The molecule has 9 nitrogen and oxygen atoms in total. The normalized spacial score (nSPS) is 10.8. The van der Waals surface area contributed by atoms with Crippen LogP contribution in [0.2, 0.25) is 0 Å². The zero-order valence-electron chi connectivity index (χ0n) is 18.3. The monoisotopic (exact) mass is 570 g/mol. The minimum atomic E-state index is -0.458. The Labute approximate surface area is 217 Å². The number of aromatic nitrogens is 4. The molecule has 2 heterocycles. The fraction of sp³-hybridized carbons (Fsp3) is 0.130. The van der Waals surface area contributed by atoms with Gasteiger partial charge in [0.05, 0.1) is 10.7 Å². The van der Waals surface area contributed by atoms with E-state index in [9.17, 15) is 14.9 Å². The molecular weight excluding hydrogens is 552 g/mol. The molecule has 178 valence electrons. The topological polar surface area (TPSA) is 116 Å². The third-order valence-electron chi connectivity index (χ3n) is 4.77. The SMILES string of the molecule is C=CCn1c(SCC(=O)Nc2ncc(Cc3ccc(Br)cc3)s2)nnc1-c1cccc([N+](=O)[O-])c1. The van der Waals surface area contributed by atoms with Gasteiger partial charge in [-0.05, 0) is 17.7 Å². The maximum Gasteiger partial charge on any atom is 0.270 e. The quantitative estimate of drug-likeness (QED) is 0.114. The van der Waals surface area contributed by atoms with Crippen LogP contribution in [-0.4, -0.2) is 36.3 Å². The van der Waals surface area contributed by atoms with E-state index in [2.05, 4.69) is 43.0 Å². The molecule has 4 aromatic rings. The molecule has 0 bridgehead atoms. The average molecular weight is 571 g/mol. The van der Waals surface area contributed by atoms with Crippen molar-refractivity contribution in [2.75, 3.05) is 11.1 Å². The van der Waals surface area contributed by atoms with Crippen molar-refractivity contribution in [3.05, 3.63) is 92.4 Å². The second-order valence-corrected chi connectivity index (χ2v) is 10.3. The highest BCUT2D eigenvalue weighted by Gasteiger charge is 2.17. The molecule has 0 radical (unpaired) electrons. The summed E-state index contributed by atoms with van der Waals surface area (Å²) in [6.07, 6.45) is 4.18. The van der Waals surface area contributed by atoms with Gasteiger partial charge in [-0.1, -0.05) is 58.0 Å². The Kier molecular flexibility index (Phi) is 8.06. The molecule has 0 atom stereocenters. The number of nitrogens with zero attached hydrogens (tertiary/aromatic N) is 5. The first-order chi connectivity index (χ1) is 16.9. The molecule has 12 heteroatoms. The van der Waals surface area contributed by atoms with Crippen LogP contribution >= 0.6 is 39.0 Å². The van der Waals surface area contributed by atoms with Crippen molar-refractivity contribution in [2.24, 2.45) is 0 Å². The van der Waals surface area contributed by atoms with Crippen LogP contribution in [0.15, 0.2) is 77.0 Å². The summed E-state index contributed by atoms with van der Waals surface area (Å²) in [6.45, 7) is 4.15. The number of non-ortho nitro benzene ring substituents is 1. The number of allylic oxidation sites excluding steroid dienone is 1. The molecule has 0 saturated heterocycles. The predicted octanol–water partition coefficient (Wildman–Crippen LogP) is 5.58. The van der Waals surface area contributed by atoms with E-state index in [1.807, 2.05) is 24.3 Å². The lowest BCUT2D eigenvalue weighted by molar-refractivity contribution is -0.384. The second kappa shape index (κ2) is 11.4. The number of nitro groups is 1. The predicted molar refractivity (Wildman–Crippen MR) is 141 cm³/mol. The van der Waals surface area contributed by atoms with Gasteiger partial charge < -0.3 is 5.32 Å². The Bertz CT molecular complexity index is 1370. The van der Waals surface area contributed by atoms with Gasteiger partial charge in [0.1, 0.15) is 0 Å². The number of rotatable bonds is 10. The molecule has 0 aliphatic heterocycles. The largest absolute Gasteiger partial charge is 0.301 e. The number of carbonyl (C=O) groups is 1. The fourth-order valence-electron chi connectivity index (χ4n) is 3.20. The highest BCUT2D eigenvalue weighted by molar-refractivity contribution is 9.10. The number of thioether (sulfide) groups is 1. The number of hydrogen-bond donors (Lipinski definition) is 1. The lowest BCUT2D eigenvalue weighted by Gasteiger charge is -2.07. The summed E-state index contributed by atoms with van der Waals surface area (Å²) in [4.78, 5) is 28.5. The van der Waals surface area contributed by atoms with Gasteiger partial charge in [0, 0.05) is 46.2 Å². The van der Waals surface area contributed by atoms with Crippen LogP contribution in [0.1, 0.15) is 10.4 Å². The maximum atomic E-state index is 12.5. The van der Waals surface area contributed by atoms with Gasteiger partial charge in [0.15, 0.2) is 16.1 Å². The summed E-state index contributed by atoms with van der Waals surface area (Å²) >= 11 is 6.08. The highest BCUT2D eigenvalue weighted by Crippen LogP contribution is 2.27. The molecule has 0 aliphatic carbocycles. The van der Waals surface area contributed by atoms with E-state index < -0.39 is 4.92 Å². The minimum absolute atomic E-state index is 0.0350. The van der Waals surface area contributed by atoms with Crippen molar-refractivity contribution >= 4 is 55.8 Å². The number of amides is 1. The molecule has 2 aromatic heterocycles. The maximum absolute atomic E-state index is 12.5. The first kappa shape index (κ1) is 24.8. The van der Waals surface area contributed by atoms with Crippen LogP contribution < -0.4 is 5.32 Å². The summed E-state index contributed by atoms with van der Waals surface area (Å²) < 4.78 is 2.79. The molecule has 1 N–H and O–H groups in total. The van der Waals surface area contributed by atoms with E-state index in [4.69, 9.17) is 0 Å². The van der Waals surface area contributed by atoms with E-state index in [-0.39, 0.29) is 17.3 Å². The standard InChI is InChI=1S/C23H19BrN6O3S2/c1-2-10-29-21(16-4-3-5-18(12-16)30(32)33)27-28-23(29)34-14-20(31)26-22-25-13-19(35-22)11-15-6-8-17(24)9-7-15/h2-9,12-13H,1,10-11,14H2,(H,25,26,31). The van der Waals surface area contributed by atoms with E-state index in [0.29, 0.717) is 28.2 Å².